The molecule has 2 rings (SSSR count). The third-order valence-corrected chi connectivity index (χ3v) is 2.64. The Balaban J connectivity index is 0.000000829. The second-order valence-electron chi connectivity index (χ2n) is 3.79. The summed E-state index contributed by atoms with van der Waals surface area (Å²) < 4.78 is 2.19. The molecule has 0 saturated heterocycles. The molecule has 0 aliphatic heterocycles. The van der Waals surface area contributed by atoms with Gasteiger partial charge in [-0.25, -0.2) is 0 Å². The number of aliphatic carboxylic acids is 1. The summed E-state index contributed by atoms with van der Waals surface area (Å²) in [4.78, 5) is 10.7. The molecule has 2 aromatic rings. The van der Waals surface area contributed by atoms with Gasteiger partial charge in [0.05, 0.1) is 0 Å². The van der Waals surface area contributed by atoms with Gasteiger partial charge in [-0.05, 0) is 22.8 Å². The van der Waals surface area contributed by atoms with Gasteiger partial charge in [-0.2, -0.15) is 0 Å². The zero-order valence-corrected chi connectivity index (χ0v) is 18.0. The zero-order chi connectivity index (χ0) is 15.5. The SMILES string of the molecule is CC.NC(Cc1cccc2ccccc12)C(=O)O.[CH3][Hg]. The van der Waals surface area contributed by atoms with Gasteiger partial charge < -0.3 is 10.8 Å². The summed E-state index contributed by atoms with van der Waals surface area (Å²) in [5.41, 5.74) is 6.52. The van der Waals surface area contributed by atoms with E-state index in [1.54, 1.807) is 0 Å². The molecular formula is C16H22HgNO2. The summed E-state index contributed by atoms with van der Waals surface area (Å²) >= 11 is 1.03. The van der Waals surface area contributed by atoms with E-state index in [4.69, 9.17) is 10.8 Å². The van der Waals surface area contributed by atoms with Crippen LogP contribution in [0.4, 0.5) is 0 Å². The van der Waals surface area contributed by atoms with Crippen molar-refractivity contribution in [3.8, 4) is 0 Å². The van der Waals surface area contributed by atoms with Crippen molar-refractivity contribution in [3.63, 3.8) is 0 Å². The molecule has 0 aliphatic rings. The second-order valence-corrected chi connectivity index (χ2v) is 3.79. The quantitative estimate of drug-likeness (QED) is 0.690. The van der Waals surface area contributed by atoms with E-state index in [1.165, 1.54) is 0 Å². The van der Waals surface area contributed by atoms with E-state index in [-0.39, 0.29) is 0 Å². The molecule has 3 N–H and O–H groups in total. The molecule has 0 aromatic heterocycles. The topological polar surface area (TPSA) is 63.3 Å². The van der Waals surface area contributed by atoms with Crippen molar-refractivity contribution in [1.82, 2.24) is 0 Å². The minimum absolute atomic E-state index is 0.358. The molecule has 2 aromatic carbocycles. The van der Waals surface area contributed by atoms with Crippen molar-refractivity contribution in [2.24, 2.45) is 5.73 Å². The Morgan fingerprint density at radius 1 is 1.15 bits per heavy atom. The predicted molar refractivity (Wildman–Crippen MR) is 80.5 cm³/mol. The first-order valence-corrected chi connectivity index (χ1v) is 12.3. The van der Waals surface area contributed by atoms with Gasteiger partial charge in [-0.3, -0.25) is 4.79 Å². The number of carboxylic acid groups (broad SMARTS) is 1. The predicted octanol–water partition coefficient (Wildman–Crippen LogP) is 3.40. The fourth-order valence-electron chi connectivity index (χ4n) is 1.79. The van der Waals surface area contributed by atoms with Crippen molar-refractivity contribution in [3.05, 3.63) is 48.0 Å². The molecule has 1 atom stereocenters. The Morgan fingerprint density at radius 2 is 1.70 bits per heavy atom. The number of hydrogen-bond donors (Lipinski definition) is 2. The minimum atomic E-state index is -0.965. The number of benzene rings is 2. The normalized spacial score (nSPS) is 10.7. The first-order chi connectivity index (χ1) is 9.68. The van der Waals surface area contributed by atoms with Crippen molar-refractivity contribution >= 4 is 16.7 Å². The van der Waals surface area contributed by atoms with E-state index >= 15 is 0 Å². The maximum atomic E-state index is 10.7. The third-order valence-electron chi connectivity index (χ3n) is 2.64. The van der Waals surface area contributed by atoms with Gasteiger partial charge in [-0.1, -0.05) is 56.3 Å². The Bertz CT molecular complexity index is 523. The fraction of sp³-hybridized carbons (Fsp3) is 0.312. The van der Waals surface area contributed by atoms with Crippen LogP contribution in [-0.2, 0) is 37.3 Å². The maximum absolute atomic E-state index is 10.7. The number of rotatable bonds is 3. The second kappa shape index (κ2) is 10.8. The average Bonchev–Trinajstić information content (AvgIpc) is 2.51. The molecule has 0 spiro atoms. The molecule has 0 fully saturated rings. The van der Waals surface area contributed by atoms with E-state index in [0.29, 0.717) is 6.42 Å². The molecule has 4 heteroatoms. The van der Waals surface area contributed by atoms with Crippen LogP contribution in [0.25, 0.3) is 10.8 Å². The first kappa shape index (κ1) is 19.1. The summed E-state index contributed by atoms with van der Waals surface area (Å²) in [6, 6.07) is 12.9. The number of carbonyl (C=O) groups is 1. The Morgan fingerprint density at radius 3 is 2.30 bits per heavy atom. The van der Waals surface area contributed by atoms with Crippen LogP contribution in [0, 0.1) is 0 Å². The number of nitrogens with two attached hydrogens (primary N) is 1. The fourth-order valence-corrected chi connectivity index (χ4v) is 1.79. The van der Waals surface area contributed by atoms with Gasteiger partial charge in [0, 0.05) is 0 Å². The van der Waals surface area contributed by atoms with Crippen LogP contribution in [0.2, 0.25) is 4.43 Å². The molecule has 105 valence electrons. The molecule has 20 heavy (non-hydrogen) atoms. The summed E-state index contributed by atoms with van der Waals surface area (Å²) in [5.74, 6) is -0.965. The molecule has 0 amide bonds. The molecule has 0 heterocycles. The molecule has 0 saturated carbocycles. The third kappa shape index (κ3) is 5.59. The van der Waals surface area contributed by atoms with Gasteiger partial charge in [-0.15, -0.1) is 0 Å². The molecular weight excluding hydrogens is 439 g/mol. The van der Waals surface area contributed by atoms with Crippen LogP contribution in [0.15, 0.2) is 42.5 Å². The molecule has 0 bridgehead atoms. The van der Waals surface area contributed by atoms with Crippen LogP contribution in [0.5, 0.6) is 0 Å². The van der Waals surface area contributed by atoms with Crippen molar-refractivity contribution in [1.29, 1.82) is 0 Å². The van der Waals surface area contributed by atoms with Crippen molar-refractivity contribution in [2.45, 2.75) is 30.7 Å². The van der Waals surface area contributed by atoms with Crippen LogP contribution in [-0.4, -0.2) is 17.1 Å². The van der Waals surface area contributed by atoms with E-state index in [1.807, 2.05) is 56.3 Å². The molecule has 0 aliphatic carbocycles. The summed E-state index contributed by atoms with van der Waals surface area (Å²) in [7, 11) is 0. The Hall–Kier alpha value is -0.935. The average molecular weight is 461 g/mol. The van der Waals surface area contributed by atoms with Crippen LogP contribution in [0.3, 0.4) is 0 Å². The first-order valence-electron chi connectivity index (χ1n) is 6.84. The van der Waals surface area contributed by atoms with Crippen LogP contribution >= 0.6 is 0 Å². The zero-order valence-electron chi connectivity index (χ0n) is 12.5. The van der Waals surface area contributed by atoms with Crippen molar-refractivity contribution < 1.29 is 36.0 Å². The van der Waals surface area contributed by atoms with Gasteiger partial charge >= 0.3 is 36.5 Å². The number of hydrogen-bond acceptors (Lipinski definition) is 2. The van der Waals surface area contributed by atoms with E-state index in [2.05, 4.69) is 4.43 Å². The summed E-state index contributed by atoms with van der Waals surface area (Å²) in [6.45, 7) is 4.00. The van der Waals surface area contributed by atoms with E-state index in [0.717, 1.165) is 42.5 Å². The Labute approximate surface area is 137 Å². The molecule has 3 nitrogen and oxygen atoms in total. The number of fused-ring (bicyclic) bond motifs is 1. The van der Waals surface area contributed by atoms with E-state index in [9.17, 15) is 4.79 Å². The molecule has 0 radical (unpaired) electrons. The molecule has 1 unspecified atom stereocenters. The standard InChI is InChI=1S/C13H13NO2.C2H6.CH3.Hg/c14-12(13(15)16)8-10-6-3-5-9-4-1-2-7-11(9)10;1-2;;/h1-7,12H,8,14H2,(H,15,16);1-2H3;1H3;. The Kier molecular flexibility index (Phi) is 10.3. The van der Waals surface area contributed by atoms with E-state index < -0.39 is 12.0 Å². The van der Waals surface area contributed by atoms with Gasteiger partial charge in [0.15, 0.2) is 0 Å². The van der Waals surface area contributed by atoms with Gasteiger partial charge in [0.2, 0.25) is 0 Å². The summed E-state index contributed by atoms with van der Waals surface area (Å²) in [5, 5.41) is 11.0. The van der Waals surface area contributed by atoms with Crippen LogP contribution < -0.4 is 5.73 Å². The van der Waals surface area contributed by atoms with Crippen LogP contribution in [0.1, 0.15) is 19.4 Å². The monoisotopic (exact) mass is 462 g/mol. The number of carboxylic acids is 1. The summed E-state index contributed by atoms with van der Waals surface area (Å²) in [6.07, 6.45) is 0.358. The van der Waals surface area contributed by atoms with Gasteiger partial charge in [0.25, 0.3) is 0 Å². The van der Waals surface area contributed by atoms with Crippen molar-refractivity contribution in [2.75, 3.05) is 0 Å². The van der Waals surface area contributed by atoms with Gasteiger partial charge in [0.1, 0.15) is 6.04 Å².